The van der Waals surface area contributed by atoms with E-state index in [0.29, 0.717) is 0 Å². The fourth-order valence-electron chi connectivity index (χ4n) is 3.55. The number of pyridine rings is 1. The summed E-state index contributed by atoms with van der Waals surface area (Å²) in [5.74, 6) is -0.0625. The summed E-state index contributed by atoms with van der Waals surface area (Å²) in [5, 5.41) is 11.1. The number of hydrogen-bond acceptors (Lipinski definition) is 3. The third-order valence-corrected chi connectivity index (χ3v) is 7.52. The number of carbonyl (C=O) groups excluding carboxylic acids is 1. The Kier molecular flexibility index (Phi) is 10.6. The molecule has 2 aromatic carbocycles. The van der Waals surface area contributed by atoms with Crippen LogP contribution in [0.2, 0.25) is 19.6 Å². The zero-order valence-corrected chi connectivity index (χ0v) is 25.4. The molecule has 0 unspecified atom stereocenters. The first-order chi connectivity index (χ1) is 15.2. The van der Waals surface area contributed by atoms with Crippen molar-refractivity contribution in [2.75, 3.05) is 0 Å². The van der Waals surface area contributed by atoms with Crippen molar-refractivity contribution in [1.29, 1.82) is 0 Å². The van der Waals surface area contributed by atoms with Crippen LogP contribution in [0.5, 0.6) is 0 Å². The summed E-state index contributed by atoms with van der Waals surface area (Å²) in [7, 11) is -1.32. The maximum Gasteiger partial charge on any atom is 0.155 e. The number of aliphatic hydroxyl groups excluding tert-OH is 1. The Morgan fingerprint density at radius 2 is 1.74 bits per heavy atom. The molecule has 0 aliphatic heterocycles. The summed E-state index contributed by atoms with van der Waals surface area (Å²) in [6.45, 7) is 19.0. The molecule has 5 heteroatoms. The molecular formula is C29H38IrNO2Si-. The molecule has 34 heavy (non-hydrogen) atoms. The van der Waals surface area contributed by atoms with Gasteiger partial charge in [-0.2, -0.15) is 0 Å². The van der Waals surface area contributed by atoms with Crippen molar-refractivity contribution >= 4 is 29.9 Å². The van der Waals surface area contributed by atoms with Crippen LogP contribution in [-0.2, 0) is 36.7 Å². The van der Waals surface area contributed by atoms with E-state index in [2.05, 4.69) is 89.8 Å². The first-order valence-corrected chi connectivity index (χ1v) is 15.1. The average Bonchev–Trinajstić information content (AvgIpc) is 2.70. The van der Waals surface area contributed by atoms with Crippen LogP contribution in [-0.4, -0.2) is 23.9 Å². The van der Waals surface area contributed by atoms with E-state index in [1.165, 1.54) is 41.6 Å². The molecule has 0 fully saturated rings. The monoisotopic (exact) mass is 653 g/mol. The van der Waals surface area contributed by atoms with Crippen LogP contribution in [0.3, 0.4) is 0 Å². The normalized spacial score (nSPS) is 12.0. The summed E-state index contributed by atoms with van der Waals surface area (Å²) < 4.78 is 0. The smallest absolute Gasteiger partial charge is 0.155 e. The maximum atomic E-state index is 10.0. The van der Waals surface area contributed by atoms with Crippen LogP contribution >= 0.6 is 0 Å². The van der Waals surface area contributed by atoms with E-state index in [0.717, 1.165) is 23.2 Å². The van der Waals surface area contributed by atoms with Gasteiger partial charge in [0.2, 0.25) is 0 Å². The third kappa shape index (κ3) is 8.30. The van der Waals surface area contributed by atoms with E-state index in [1.54, 1.807) is 0 Å². The molecule has 1 radical (unpaired) electrons. The molecule has 3 nitrogen and oxygen atoms in total. The van der Waals surface area contributed by atoms with E-state index in [-0.39, 0.29) is 37.1 Å². The van der Waals surface area contributed by atoms with Crippen LogP contribution in [0.15, 0.2) is 54.3 Å². The molecule has 0 bridgehead atoms. The Labute approximate surface area is 220 Å². The number of rotatable bonds is 4. The van der Waals surface area contributed by atoms with Gasteiger partial charge in [-0.3, -0.25) is 9.78 Å². The topological polar surface area (TPSA) is 50.2 Å². The molecule has 0 saturated carbocycles. The Hall–Kier alpha value is -2.07. The largest absolute Gasteiger partial charge is 0.512 e. The van der Waals surface area contributed by atoms with Gasteiger partial charge in [-0.05, 0) is 42.8 Å². The molecule has 3 rings (SSSR count). The van der Waals surface area contributed by atoms with Crippen molar-refractivity contribution in [3.63, 3.8) is 0 Å². The van der Waals surface area contributed by atoms with Gasteiger partial charge in [0.1, 0.15) is 0 Å². The number of aromatic nitrogens is 1. The summed E-state index contributed by atoms with van der Waals surface area (Å²) in [6.07, 6.45) is 2.14. The molecule has 0 aliphatic carbocycles. The summed E-state index contributed by atoms with van der Waals surface area (Å²) in [5.41, 5.74) is 6.00. The summed E-state index contributed by atoms with van der Waals surface area (Å²) >= 11 is 0. The van der Waals surface area contributed by atoms with Crippen LogP contribution < -0.4 is 5.19 Å². The fourth-order valence-corrected chi connectivity index (χ4v) is 4.73. The van der Waals surface area contributed by atoms with Crippen LogP contribution in [0.1, 0.15) is 52.7 Å². The van der Waals surface area contributed by atoms with E-state index in [9.17, 15) is 4.79 Å². The minimum absolute atomic E-state index is 0. The van der Waals surface area contributed by atoms with Gasteiger partial charge in [0, 0.05) is 26.2 Å². The SMILES string of the molecule is CC(=O)/C=C(/C)O.CCc1cc2cc([Si](C)(C)C)ccc2nc1-c1[c-]ccc(C(C)(C)C)c1.[Ir]. The number of fused-ring (bicyclic) bond motifs is 1. The van der Waals surface area contributed by atoms with E-state index < -0.39 is 8.07 Å². The third-order valence-electron chi connectivity index (χ3n) is 5.48. The zero-order valence-electron chi connectivity index (χ0n) is 22.0. The average molecular weight is 653 g/mol. The quantitative estimate of drug-likeness (QED) is 0.141. The van der Waals surface area contributed by atoms with Gasteiger partial charge in [-0.25, -0.2) is 0 Å². The number of aliphatic hydroxyl groups is 1. The number of allylic oxidation sites excluding steroid dienone is 2. The van der Waals surface area contributed by atoms with Gasteiger partial charge < -0.3 is 5.11 Å². The van der Waals surface area contributed by atoms with Crippen molar-refractivity contribution in [3.05, 3.63) is 71.5 Å². The number of hydrogen-bond donors (Lipinski definition) is 1. The standard InChI is InChI=1S/C24H30NSi.C5H8O2.Ir/c1-8-17-14-19-16-21(26(5,6)7)12-13-22(19)25-23(17)18-10-9-11-20(15-18)24(2,3)4;1-4(6)3-5(2)7;/h9,11-16H,8H2,1-7H3;3,6H,1-2H3;/q-1;;/b;4-3-;. The molecule has 0 saturated heterocycles. The molecule has 0 amide bonds. The Morgan fingerprint density at radius 1 is 1.09 bits per heavy atom. The Morgan fingerprint density at radius 3 is 2.21 bits per heavy atom. The summed E-state index contributed by atoms with van der Waals surface area (Å²) in [6, 6.07) is 19.0. The maximum absolute atomic E-state index is 10.0. The predicted molar refractivity (Wildman–Crippen MR) is 144 cm³/mol. The van der Waals surface area contributed by atoms with Crippen LogP contribution in [0.25, 0.3) is 22.2 Å². The van der Waals surface area contributed by atoms with Crippen molar-refractivity contribution in [1.82, 2.24) is 4.98 Å². The number of benzene rings is 2. The van der Waals surface area contributed by atoms with Crippen molar-refractivity contribution < 1.29 is 30.0 Å². The minimum Gasteiger partial charge on any atom is -0.512 e. The second-order valence-electron chi connectivity index (χ2n) is 10.6. The number of ketones is 1. The molecule has 185 valence electrons. The van der Waals surface area contributed by atoms with E-state index >= 15 is 0 Å². The number of carbonyl (C=O) groups is 1. The molecule has 1 aromatic heterocycles. The van der Waals surface area contributed by atoms with Gasteiger partial charge >= 0.3 is 0 Å². The van der Waals surface area contributed by atoms with Crippen LogP contribution in [0, 0.1) is 6.07 Å². The molecular weight excluding hydrogens is 615 g/mol. The molecule has 3 aromatic rings. The van der Waals surface area contributed by atoms with Gasteiger partial charge in [-0.15, -0.1) is 35.4 Å². The number of aryl methyl sites for hydroxylation is 1. The van der Waals surface area contributed by atoms with Gasteiger partial charge in [0.25, 0.3) is 0 Å². The van der Waals surface area contributed by atoms with Crippen LogP contribution in [0.4, 0.5) is 0 Å². The van der Waals surface area contributed by atoms with Crippen molar-refractivity contribution in [2.24, 2.45) is 0 Å². The second kappa shape index (κ2) is 12.1. The van der Waals surface area contributed by atoms with Gasteiger partial charge in [0.05, 0.1) is 19.3 Å². The first kappa shape index (κ1) is 30.0. The number of nitrogens with zero attached hydrogens (tertiary/aromatic N) is 1. The molecule has 1 N–H and O–H groups in total. The summed E-state index contributed by atoms with van der Waals surface area (Å²) in [4.78, 5) is 15.1. The van der Waals surface area contributed by atoms with Gasteiger partial charge in [-0.1, -0.05) is 76.3 Å². The first-order valence-electron chi connectivity index (χ1n) is 11.6. The fraction of sp³-hybridized carbons (Fsp3) is 0.379. The van der Waals surface area contributed by atoms with E-state index in [1.807, 2.05) is 6.07 Å². The zero-order chi connectivity index (χ0) is 25.0. The molecule has 1 heterocycles. The van der Waals surface area contributed by atoms with Gasteiger partial charge in [0.15, 0.2) is 5.78 Å². The predicted octanol–water partition coefficient (Wildman–Crippen LogP) is 7.14. The Bertz CT molecular complexity index is 1170. The molecule has 0 atom stereocenters. The van der Waals surface area contributed by atoms with Crippen molar-refractivity contribution in [3.8, 4) is 11.3 Å². The van der Waals surface area contributed by atoms with Crippen molar-refractivity contribution in [2.45, 2.75) is 73.0 Å². The molecule has 0 aliphatic rings. The Balaban J connectivity index is 0.000000633. The minimum atomic E-state index is -1.32. The molecule has 0 spiro atoms. The van der Waals surface area contributed by atoms with E-state index in [4.69, 9.17) is 10.1 Å². The second-order valence-corrected chi connectivity index (χ2v) is 15.7.